The van der Waals surface area contributed by atoms with Crippen LogP contribution in [-0.2, 0) is 19.1 Å². The quantitative estimate of drug-likeness (QED) is 0.605. The van der Waals surface area contributed by atoms with Gasteiger partial charge in [-0.2, -0.15) is 0 Å². The second-order valence-electron chi connectivity index (χ2n) is 5.92. The van der Waals surface area contributed by atoms with Crippen molar-refractivity contribution in [2.75, 3.05) is 30.5 Å². The average molecular weight is 382 g/mol. The van der Waals surface area contributed by atoms with Gasteiger partial charge in [-0.1, -0.05) is 18.2 Å². The molecule has 2 aromatic carbocycles. The highest BCUT2D eigenvalue weighted by molar-refractivity contribution is 6.10. The average Bonchev–Trinajstić information content (AvgIpc) is 2.70. The standard InChI is InChI=1S/C20H18N2O6/c1-27-17-10-13(6-8-16(17)23)7-9-20(26)28-12-19(25)22-11-18(24)21-14-4-2-3-5-15(14)22/h2-10,23H,11-12H2,1H3,(H,21,24)/b9-7+. The number of fused-ring (bicyclic) bond motifs is 1. The Morgan fingerprint density at radius 1 is 1.25 bits per heavy atom. The van der Waals surface area contributed by atoms with Crippen LogP contribution in [0.1, 0.15) is 5.56 Å². The van der Waals surface area contributed by atoms with Crippen molar-refractivity contribution >= 4 is 35.2 Å². The van der Waals surface area contributed by atoms with Crippen molar-refractivity contribution in [2.24, 2.45) is 0 Å². The fraction of sp³-hybridized carbons (Fsp3) is 0.150. The van der Waals surface area contributed by atoms with E-state index in [1.54, 1.807) is 36.4 Å². The fourth-order valence-corrected chi connectivity index (χ4v) is 2.68. The van der Waals surface area contributed by atoms with E-state index in [2.05, 4.69) is 5.32 Å². The van der Waals surface area contributed by atoms with Crippen LogP contribution in [0.2, 0.25) is 0 Å². The number of aromatic hydroxyl groups is 1. The summed E-state index contributed by atoms with van der Waals surface area (Å²) in [6, 6.07) is 11.5. The van der Waals surface area contributed by atoms with Crippen molar-refractivity contribution < 1.29 is 29.0 Å². The van der Waals surface area contributed by atoms with Crippen molar-refractivity contribution in [3.8, 4) is 11.5 Å². The highest BCUT2D eigenvalue weighted by atomic mass is 16.5. The molecule has 8 heteroatoms. The first-order valence-corrected chi connectivity index (χ1v) is 8.39. The molecule has 0 radical (unpaired) electrons. The van der Waals surface area contributed by atoms with Crippen LogP contribution in [0.4, 0.5) is 11.4 Å². The van der Waals surface area contributed by atoms with E-state index in [4.69, 9.17) is 9.47 Å². The molecule has 0 saturated heterocycles. The Bertz CT molecular complexity index is 953. The number of carbonyl (C=O) groups excluding carboxylic acids is 3. The van der Waals surface area contributed by atoms with E-state index in [9.17, 15) is 19.5 Å². The molecular weight excluding hydrogens is 364 g/mol. The van der Waals surface area contributed by atoms with Crippen molar-refractivity contribution in [3.05, 3.63) is 54.1 Å². The summed E-state index contributed by atoms with van der Waals surface area (Å²) < 4.78 is 9.97. The monoisotopic (exact) mass is 382 g/mol. The van der Waals surface area contributed by atoms with Gasteiger partial charge < -0.3 is 19.9 Å². The molecule has 1 aliphatic heterocycles. The zero-order valence-corrected chi connectivity index (χ0v) is 15.0. The van der Waals surface area contributed by atoms with E-state index in [-0.39, 0.29) is 24.0 Å². The highest BCUT2D eigenvalue weighted by Gasteiger charge is 2.26. The van der Waals surface area contributed by atoms with Crippen molar-refractivity contribution in [1.82, 2.24) is 0 Å². The number of nitrogens with zero attached hydrogens (tertiary/aromatic N) is 1. The van der Waals surface area contributed by atoms with Gasteiger partial charge in [0, 0.05) is 6.08 Å². The van der Waals surface area contributed by atoms with Gasteiger partial charge in [0.25, 0.3) is 5.91 Å². The molecule has 0 bridgehead atoms. The van der Waals surface area contributed by atoms with Crippen LogP contribution >= 0.6 is 0 Å². The number of hydrogen-bond donors (Lipinski definition) is 2. The summed E-state index contributed by atoms with van der Waals surface area (Å²) in [4.78, 5) is 37.3. The maximum Gasteiger partial charge on any atom is 0.331 e. The van der Waals surface area contributed by atoms with E-state index in [1.807, 2.05) is 0 Å². The Morgan fingerprint density at radius 2 is 2.04 bits per heavy atom. The number of benzene rings is 2. The summed E-state index contributed by atoms with van der Waals surface area (Å²) in [6.45, 7) is -0.639. The Kier molecular flexibility index (Phi) is 5.59. The summed E-state index contributed by atoms with van der Waals surface area (Å²) in [5.41, 5.74) is 1.69. The molecule has 1 aliphatic rings. The van der Waals surface area contributed by atoms with Gasteiger partial charge in [0.1, 0.15) is 6.54 Å². The Labute approximate surface area is 161 Å². The number of rotatable bonds is 5. The SMILES string of the molecule is COc1cc(/C=C/C(=O)OCC(=O)N2CC(=O)Nc3ccccc32)ccc1O. The summed E-state index contributed by atoms with van der Waals surface area (Å²) in [6.07, 6.45) is 2.63. The number of carbonyl (C=O) groups is 3. The molecule has 0 aliphatic carbocycles. The minimum atomic E-state index is -0.713. The van der Waals surface area contributed by atoms with E-state index in [1.165, 1.54) is 24.2 Å². The third-order valence-corrected chi connectivity index (χ3v) is 4.03. The van der Waals surface area contributed by atoms with Crippen molar-refractivity contribution in [2.45, 2.75) is 0 Å². The molecule has 8 nitrogen and oxygen atoms in total. The molecule has 0 aromatic heterocycles. The lowest BCUT2D eigenvalue weighted by atomic mass is 10.2. The maximum absolute atomic E-state index is 12.4. The fourth-order valence-electron chi connectivity index (χ4n) is 2.68. The number of phenolic OH excluding ortho intramolecular Hbond substituents is 1. The third-order valence-electron chi connectivity index (χ3n) is 4.03. The van der Waals surface area contributed by atoms with E-state index < -0.39 is 18.5 Å². The van der Waals surface area contributed by atoms with Gasteiger partial charge in [0.2, 0.25) is 5.91 Å². The van der Waals surface area contributed by atoms with Gasteiger partial charge in [-0.05, 0) is 35.9 Å². The predicted octanol–water partition coefficient (Wildman–Crippen LogP) is 1.94. The minimum absolute atomic E-state index is 0.0151. The van der Waals surface area contributed by atoms with E-state index in [0.717, 1.165) is 6.08 Å². The molecule has 28 heavy (non-hydrogen) atoms. The van der Waals surface area contributed by atoms with Crippen LogP contribution in [0.3, 0.4) is 0 Å². The Balaban J connectivity index is 1.60. The smallest absolute Gasteiger partial charge is 0.331 e. The summed E-state index contributed by atoms with van der Waals surface area (Å²) in [7, 11) is 1.42. The van der Waals surface area contributed by atoms with Gasteiger partial charge in [-0.25, -0.2) is 4.79 Å². The zero-order chi connectivity index (χ0) is 20.1. The molecule has 2 aromatic rings. The number of anilines is 2. The normalized spacial score (nSPS) is 13.0. The summed E-state index contributed by atoms with van der Waals surface area (Å²) >= 11 is 0. The first-order valence-electron chi connectivity index (χ1n) is 8.39. The number of esters is 1. The van der Waals surface area contributed by atoms with E-state index in [0.29, 0.717) is 16.9 Å². The van der Waals surface area contributed by atoms with Crippen LogP contribution in [0.15, 0.2) is 48.5 Å². The lowest BCUT2D eigenvalue weighted by molar-refractivity contribution is -0.143. The van der Waals surface area contributed by atoms with Crippen LogP contribution in [0.5, 0.6) is 11.5 Å². The molecule has 3 rings (SSSR count). The molecule has 0 atom stereocenters. The van der Waals surface area contributed by atoms with Crippen molar-refractivity contribution in [3.63, 3.8) is 0 Å². The molecule has 2 N–H and O–H groups in total. The number of para-hydroxylation sites is 2. The minimum Gasteiger partial charge on any atom is -0.504 e. The van der Waals surface area contributed by atoms with Gasteiger partial charge in [0.05, 0.1) is 18.5 Å². The topological polar surface area (TPSA) is 105 Å². The largest absolute Gasteiger partial charge is 0.504 e. The lowest BCUT2D eigenvalue weighted by Gasteiger charge is -2.28. The summed E-state index contributed by atoms with van der Waals surface area (Å²) in [5, 5.41) is 12.2. The molecule has 0 fully saturated rings. The summed E-state index contributed by atoms with van der Waals surface area (Å²) in [5.74, 6) is -1.28. The zero-order valence-electron chi connectivity index (χ0n) is 15.0. The maximum atomic E-state index is 12.4. The number of nitrogens with one attached hydrogen (secondary N) is 1. The second kappa shape index (κ2) is 8.26. The Morgan fingerprint density at radius 3 is 2.82 bits per heavy atom. The molecule has 2 amide bonds. The van der Waals surface area contributed by atoms with Gasteiger partial charge in [0.15, 0.2) is 18.1 Å². The number of phenols is 1. The van der Waals surface area contributed by atoms with Crippen LogP contribution in [-0.4, -0.2) is 43.2 Å². The first-order chi connectivity index (χ1) is 13.5. The predicted molar refractivity (Wildman–Crippen MR) is 102 cm³/mol. The van der Waals surface area contributed by atoms with E-state index >= 15 is 0 Å². The number of hydrogen-bond acceptors (Lipinski definition) is 6. The first kappa shape index (κ1) is 19.0. The van der Waals surface area contributed by atoms with Gasteiger partial charge in [-0.15, -0.1) is 0 Å². The second-order valence-corrected chi connectivity index (χ2v) is 5.92. The molecular formula is C20H18N2O6. The molecule has 0 unspecified atom stereocenters. The van der Waals surface area contributed by atoms with Crippen LogP contribution in [0, 0.1) is 0 Å². The van der Waals surface area contributed by atoms with Crippen molar-refractivity contribution in [1.29, 1.82) is 0 Å². The lowest BCUT2D eigenvalue weighted by Crippen LogP contribution is -2.43. The molecule has 144 valence electrons. The number of methoxy groups -OCH3 is 1. The number of amides is 2. The molecule has 0 saturated carbocycles. The molecule has 0 spiro atoms. The van der Waals surface area contributed by atoms with Crippen LogP contribution in [0.25, 0.3) is 6.08 Å². The third kappa shape index (κ3) is 4.29. The van der Waals surface area contributed by atoms with Gasteiger partial charge >= 0.3 is 5.97 Å². The number of ether oxygens (including phenoxy) is 2. The highest BCUT2D eigenvalue weighted by Crippen LogP contribution is 2.29. The Hall–Kier alpha value is -3.81. The van der Waals surface area contributed by atoms with Gasteiger partial charge in [-0.3, -0.25) is 14.5 Å². The van der Waals surface area contributed by atoms with Crippen LogP contribution < -0.4 is 15.0 Å². The molecule has 1 heterocycles.